The molecule has 3 rings (SSSR count). The van der Waals surface area contributed by atoms with Crippen LogP contribution in [0, 0.1) is 10.1 Å². The van der Waals surface area contributed by atoms with Crippen LogP contribution >= 0.6 is 0 Å². The van der Waals surface area contributed by atoms with Crippen LogP contribution in [0.2, 0.25) is 0 Å². The van der Waals surface area contributed by atoms with Crippen molar-refractivity contribution in [1.29, 1.82) is 0 Å². The fraction of sp³-hybridized carbons (Fsp3) is 0.130. The lowest BCUT2D eigenvalue weighted by Gasteiger charge is -2.17. The second kappa shape index (κ2) is 10.7. The molecule has 3 aromatic rings. The predicted molar refractivity (Wildman–Crippen MR) is 129 cm³/mol. The largest absolute Gasteiger partial charge is 0.497 e. The van der Waals surface area contributed by atoms with Crippen molar-refractivity contribution in [2.45, 2.75) is 4.90 Å². The number of nitro benzene ring substituents is 1. The highest BCUT2D eigenvalue weighted by Gasteiger charge is 2.19. The molecule has 0 saturated carbocycles. The number of ether oxygens (including phenoxy) is 1. The summed E-state index contributed by atoms with van der Waals surface area (Å²) in [6, 6.07) is 17.0. The molecule has 3 aromatic carbocycles. The van der Waals surface area contributed by atoms with Crippen LogP contribution in [0.5, 0.6) is 5.75 Å². The first-order valence-corrected chi connectivity index (χ1v) is 11.6. The Morgan fingerprint density at radius 1 is 1.00 bits per heavy atom. The Morgan fingerprint density at radius 3 is 2.34 bits per heavy atom. The van der Waals surface area contributed by atoms with E-state index in [1.807, 2.05) is 0 Å². The van der Waals surface area contributed by atoms with Crippen LogP contribution in [0.4, 0.5) is 17.1 Å². The molecule has 0 radical (unpaired) electrons. The Bertz CT molecular complexity index is 1360. The van der Waals surface area contributed by atoms with E-state index in [0.717, 1.165) is 6.07 Å². The van der Waals surface area contributed by atoms with E-state index >= 15 is 0 Å². The maximum atomic E-state index is 12.7. The average Bonchev–Trinajstić information content (AvgIpc) is 2.84. The molecule has 0 saturated heterocycles. The topological polar surface area (TPSA) is 148 Å². The second-order valence-electron chi connectivity index (χ2n) is 7.38. The summed E-state index contributed by atoms with van der Waals surface area (Å²) in [6.07, 6.45) is 0. The first kappa shape index (κ1) is 25.2. The van der Waals surface area contributed by atoms with Crippen molar-refractivity contribution in [1.82, 2.24) is 4.90 Å². The van der Waals surface area contributed by atoms with Gasteiger partial charge in [-0.05, 0) is 42.5 Å². The van der Waals surface area contributed by atoms with E-state index in [1.165, 1.54) is 61.5 Å². The number of nitrogens with zero attached hydrogens (tertiary/aromatic N) is 2. The van der Waals surface area contributed by atoms with Gasteiger partial charge in [-0.15, -0.1) is 0 Å². The molecular formula is C23H22N4O7S. The number of anilines is 2. The van der Waals surface area contributed by atoms with Gasteiger partial charge in [-0.1, -0.05) is 12.1 Å². The Labute approximate surface area is 201 Å². The van der Waals surface area contributed by atoms with Gasteiger partial charge in [-0.2, -0.15) is 0 Å². The van der Waals surface area contributed by atoms with Gasteiger partial charge in [0.15, 0.2) is 0 Å². The molecule has 0 bridgehead atoms. The summed E-state index contributed by atoms with van der Waals surface area (Å²) < 4.78 is 32.5. The summed E-state index contributed by atoms with van der Waals surface area (Å²) in [4.78, 5) is 36.1. The number of rotatable bonds is 9. The Kier molecular flexibility index (Phi) is 7.66. The summed E-state index contributed by atoms with van der Waals surface area (Å²) in [5.41, 5.74) is 0.564. The number of benzene rings is 3. The summed E-state index contributed by atoms with van der Waals surface area (Å²) >= 11 is 0. The van der Waals surface area contributed by atoms with Gasteiger partial charge in [0.05, 0.1) is 23.5 Å². The highest BCUT2D eigenvalue weighted by molar-refractivity contribution is 7.92. The lowest BCUT2D eigenvalue weighted by atomic mass is 10.2. The number of amides is 2. The van der Waals surface area contributed by atoms with E-state index in [0.29, 0.717) is 11.4 Å². The van der Waals surface area contributed by atoms with Gasteiger partial charge in [0, 0.05) is 42.2 Å². The molecule has 0 fully saturated rings. The molecule has 2 amide bonds. The highest BCUT2D eigenvalue weighted by atomic mass is 32.2. The van der Waals surface area contributed by atoms with Crippen molar-refractivity contribution in [3.8, 4) is 5.75 Å². The average molecular weight is 499 g/mol. The molecule has 0 aliphatic heterocycles. The number of nitrogens with one attached hydrogen (secondary N) is 2. The molecule has 0 atom stereocenters. The van der Waals surface area contributed by atoms with E-state index in [1.54, 1.807) is 24.3 Å². The van der Waals surface area contributed by atoms with Crippen LogP contribution in [0.25, 0.3) is 0 Å². The molecule has 182 valence electrons. The smallest absolute Gasteiger partial charge is 0.270 e. The summed E-state index contributed by atoms with van der Waals surface area (Å²) in [5, 5.41) is 13.6. The fourth-order valence-electron chi connectivity index (χ4n) is 3.07. The number of sulfonamides is 1. The SMILES string of the molecule is COc1cccc(NC(=O)CN(C)C(=O)c2ccc(NS(=O)(=O)c3cccc([N+](=O)[O-])c3)cc2)c1. The molecule has 0 spiro atoms. The minimum Gasteiger partial charge on any atom is -0.497 e. The van der Waals surface area contributed by atoms with Gasteiger partial charge in [0.1, 0.15) is 5.75 Å². The normalized spacial score (nSPS) is 10.8. The van der Waals surface area contributed by atoms with Gasteiger partial charge >= 0.3 is 0 Å². The van der Waals surface area contributed by atoms with Gasteiger partial charge in [0.25, 0.3) is 21.6 Å². The predicted octanol–water partition coefficient (Wildman–Crippen LogP) is 3.11. The zero-order chi connectivity index (χ0) is 25.6. The first-order valence-electron chi connectivity index (χ1n) is 10.2. The Balaban J connectivity index is 1.63. The number of carbonyl (C=O) groups excluding carboxylic acids is 2. The van der Waals surface area contributed by atoms with Crippen molar-refractivity contribution in [3.63, 3.8) is 0 Å². The standard InChI is InChI=1S/C23H22N4O7S/c1-26(15-22(28)24-18-5-3-7-20(13-18)34-2)23(29)16-9-11-17(12-10-16)25-35(32,33)21-8-4-6-19(14-21)27(30)31/h3-14,25H,15H2,1-2H3,(H,24,28). The lowest BCUT2D eigenvalue weighted by molar-refractivity contribution is -0.385. The third-order valence-electron chi connectivity index (χ3n) is 4.80. The van der Waals surface area contributed by atoms with Crippen molar-refractivity contribution in [2.24, 2.45) is 0 Å². The minimum atomic E-state index is -4.08. The highest BCUT2D eigenvalue weighted by Crippen LogP contribution is 2.21. The van der Waals surface area contributed by atoms with Crippen molar-refractivity contribution < 1.29 is 27.7 Å². The molecule has 0 aliphatic rings. The number of non-ortho nitro benzene ring substituents is 1. The third kappa shape index (κ3) is 6.54. The van der Waals surface area contributed by atoms with E-state index < -0.39 is 26.8 Å². The zero-order valence-electron chi connectivity index (χ0n) is 18.8. The number of likely N-dealkylation sites (N-methyl/N-ethyl adjacent to an activating group) is 1. The monoisotopic (exact) mass is 498 g/mol. The molecule has 0 heterocycles. The van der Waals surface area contributed by atoms with E-state index in [2.05, 4.69) is 10.0 Å². The summed E-state index contributed by atoms with van der Waals surface area (Å²) in [5.74, 6) is -0.275. The van der Waals surface area contributed by atoms with Crippen LogP contribution in [0.1, 0.15) is 10.4 Å². The quantitative estimate of drug-likeness (QED) is 0.340. The van der Waals surface area contributed by atoms with Crippen molar-refractivity contribution in [2.75, 3.05) is 30.7 Å². The first-order chi connectivity index (χ1) is 16.6. The number of hydrogen-bond donors (Lipinski definition) is 2. The van der Waals surface area contributed by atoms with Gasteiger partial charge in [-0.3, -0.25) is 24.4 Å². The maximum absolute atomic E-state index is 12.7. The number of carbonyl (C=O) groups is 2. The molecule has 0 unspecified atom stereocenters. The second-order valence-corrected chi connectivity index (χ2v) is 9.06. The molecule has 0 aliphatic carbocycles. The molecule has 35 heavy (non-hydrogen) atoms. The summed E-state index contributed by atoms with van der Waals surface area (Å²) in [6.45, 7) is -0.211. The molecule has 12 heteroatoms. The van der Waals surface area contributed by atoms with Crippen molar-refractivity contribution >= 4 is 38.9 Å². The molecule has 2 N–H and O–H groups in total. The van der Waals surface area contributed by atoms with Crippen LogP contribution in [0.3, 0.4) is 0 Å². The fourth-order valence-corrected chi connectivity index (χ4v) is 4.17. The van der Waals surface area contributed by atoms with E-state index in [-0.39, 0.29) is 28.4 Å². The third-order valence-corrected chi connectivity index (χ3v) is 6.18. The summed E-state index contributed by atoms with van der Waals surface area (Å²) in [7, 11) is -1.11. The Morgan fingerprint density at radius 2 is 1.69 bits per heavy atom. The minimum absolute atomic E-state index is 0.159. The van der Waals surface area contributed by atoms with Crippen LogP contribution in [0.15, 0.2) is 77.7 Å². The van der Waals surface area contributed by atoms with Gasteiger partial charge < -0.3 is 15.0 Å². The molecular weight excluding hydrogens is 476 g/mol. The lowest BCUT2D eigenvalue weighted by Crippen LogP contribution is -2.34. The van der Waals surface area contributed by atoms with Crippen LogP contribution in [-0.2, 0) is 14.8 Å². The van der Waals surface area contributed by atoms with Gasteiger partial charge in [0.2, 0.25) is 5.91 Å². The maximum Gasteiger partial charge on any atom is 0.270 e. The van der Waals surface area contributed by atoms with E-state index in [9.17, 15) is 28.1 Å². The zero-order valence-corrected chi connectivity index (χ0v) is 19.6. The van der Waals surface area contributed by atoms with Crippen LogP contribution < -0.4 is 14.8 Å². The Hall–Kier alpha value is -4.45. The van der Waals surface area contributed by atoms with E-state index in [4.69, 9.17) is 4.74 Å². The number of hydrogen-bond acceptors (Lipinski definition) is 7. The van der Waals surface area contributed by atoms with Crippen molar-refractivity contribution in [3.05, 3.63) is 88.5 Å². The molecule has 0 aromatic heterocycles. The molecule has 11 nitrogen and oxygen atoms in total. The van der Waals surface area contributed by atoms with Crippen LogP contribution in [-0.4, -0.2) is 50.8 Å². The number of methoxy groups -OCH3 is 1. The number of nitro groups is 1. The van der Waals surface area contributed by atoms with Gasteiger partial charge in [-0.25, -0.2) is 8.42 Å².